The first-order valence-electron chi connectivity index (χ1n) is 6.07. The van der Waals surface area contributed by atoms with Gasteiger partial charge >= 0.3 is 5.97 Å². The standard InChI is InChI=1S/C14H14N2O4/c1-9-7-12(16-20-9)14(19)15-11(8-13(17)18)10-5-3-2-4-6-10/h2-7,11H,8H2,1H3,(H,15,19)(H,17,18)/t11-/m1/s1. The van der Waals surface area contributed by atoms with E-state index in [-0.39, 0.29) is 12.1 Å². The van der Waals surface area contributed by atoms with E-state index in [9.17, 15) is 9.59 Å². The topological polar surface area (TPSA) is 92.4 Å². The molecule has 0 fully saturated rings. The van der Waals surface area contributed by atoms with E-state index >= 15 is 0 Å². The van der Waals surface area contributed by atoms with Gasteiger partial charge in [0.25, 0.3) is 5.91 Å². The van der Waals surface area contributed by atoms with Gasteiger partial charge < -0.3 is 14.9 Å². The summed E-state index contributed by atoms with van der Waals surface area (Å²) in [6.45, 7) is 1.68. The first-order valence-corrected chi connectivity index (χ1v) is 6.07. The number of hydrogen-bond acceptors (Lipinski definition) is 4. The smallest absolute Gasteiger partial charge is 0.305 e. The summed E-state index contributed by atoms with van der Waals surface area (Å²) in [5.41, 5.74) is 0.859. The van der Waals surface area contributed by atoms with E-state index in [2.05, 4.69) is 10.5 Å². The van der Waals surface area contributed by atoms with Crippen molar-refractivity contribution in [2.45, 2.75) is 19.4 Å². The molecule has 1 atom stereocenters. The SMILES string of the molecule is Cc1cc(C(=O)N[C@H](CC(=O)O)c2ccccc2)no1. The van der Waals surface area contributed by atoms with Crippen LogP contribution in [0.3, 0.4) is 0 Å². The molecule has 2 aromatic rings. The number of nitrogens with zero attached hydrogens (tertiary/aromatic N) is 1. The molecule has 0 saturated heterocycles. The van der Waals surface area contributed by atoms with Crippen molar-refractivity contribution in [2.75, 3.05) is 0 Å². The Morgan fingerprint density at radius 3 is 2.60 bits per heavy atom. The molecule has 0 aliphatic carbocycles. The molecule has 0 aliphatic rings. The van der Waals surface area contributed by atoms with Crippen LogP contribution in [0.25, 0.3) is 0 Å². The number of aromatic nitrogens is 1. The number of carbonyl (C=O) groups excluding carboxylic acids is 1. The summed E-state index contributed by atoms with van der Waals surface area (Å²) >= 11 is 0. The number of aryl methyl sites for hydroxylation is 1. The Morgan fingerprint density at radius 2 is 2.05 bits per heavy atom. The van der Waals surface area contributed by atoms with Crippen molar-refractivity contribution < 1.29 is 19.2 Å². The van der Waals surface area contributed by atoms with Gasteiger partial charge in [-0.2, -0.15) is 0 Å². The molecule has 2 N–H and O–H groups in total. The Balaban J connectivity index is 2.16. The van der Waals surface area contributed by atoms with Crippen molar-refractivity contribution in [3.8, 4) is 0 Å². The molecule has 6 heteroatoms. The van der Waals surface area contributed by atoms with E-state index in [1.54, 1.807) is 31.2 Å². The molecule has 1 amide bonds. The van der Waals surface area contributed by atoms with Gasteiger partial charge in [0.15, 0.2) is 5.69 Å². The van der Waals surface area contributed by atoms with Gasteiger partial charge in [-0.1, -0.05) is 35.5 Å². The first-order chi connectivity index (χ1) is 9.56. The maximum atomic E-state index is 12.0. The van der Waals surface area contributed by atoms with Crippen LogP contribution in [-0.4, -0.2) is 22.1 Å². The van der Waals surface area contributed by atoms with Crippen LogP contribution in [0.4, 0.5) is 0 Å². The second-order valence-electron chi connectivity index (χ2n) is 4.36. The molecular weight excluding hydrogens is 260 g/mol. The maximum Gasteiger partial charge on any atom is 0.305 e. The number of hydrogen-bond donors (Lipinski definition) is 2. The highest BCUT2D eigenvalue weighted by Crippen LogP contribution is 2.17. The van der Waals surface area contributed by atoms with Crippen LogP contribution in [0.1, 0.15) is 34.3 Å². The van der Waals surface area contributed by atoms with E-state index in [0.29, 0.717) is 5.76 Å². The van der Waals surface area contributed by atoms with Gasteiger partial charge in [-0.25, -0.2) is 0 Å². The molecule has 104 valence electrons. The number of rotatable bonds is 5. The molecule has 0 saturated carbocycles. The van der Waals surface area contributed by atoms with Gasteiger partial charge in [-0.15, -0.1) is 0 Å². The highest BCUT2D eigenvalue weighted by molar-refractivity contribution is 5.92. The van der Waals surface area contributed by atoms with Crippen LogP contribution in [0.2, 0.25) is 0 Å². The molecule has 0 bridgehead atoms. The number of benzene rings is 1. The second-order valence-corrected chi connectivity index (χ2v) is 4.36. The monoisotopic (exact) mass is 274 g/mol. The van der Waals surface area contributed by atoms with Crippen LogP contribution in [0.5, 0.6) is 0 Å². The quantitative estimate of drug-likeness (QED) is 0.869. The normalized spacial score (nSPS) is 11.8. The fourth-order valence-electron chi connectivity index (χ4n) is 1.82. The van der Waals surface area contributed by atoms with Gasteiger partial charge in [-0.3, -0.25) is 9.59 Å². The van der Waals surface area contributed by atoms with Gasteiger partial charge in [0.2, 0.25) is 0 Å². The Labute approximate surface area is 115 Å². The summed E-state index contributed by atoms with van der Waals surface area (Å²) in [6, 6.07) is 9.82. The highest BCUT2D eigenvalue weighted by Gasteiger charge is 2.20. The lowest BCUT2D eigenvalue weighted by Crippen LogP contribution is -2.30. The van der Waals surface area contributed by atoms with Crippen LogP contribution in [0, 0.1) is 6.92 Å². The van der Waals surface area contributed by atoms with Gasteiger partial charge in [0.1, 0.15) is 5.76 Å². The molecule has 20 heavy (non-hydrogen) atoms. The Kier molecular flexibility index (Phi) is 4.14. The largest absolute Gasteiger partial charge is 0.481 e. The van der Waals surface area contributed by atoms with Crippen LogP contribution in [-0.2, 0) is 4.79 Å². The zero-order valence-electron chi connectivity index (χ0n) is 10.9. The molecule has 0 aliphatic heterocycles. The van der Waals surface area contributed by atoms with Crippen molar-refractivity contribution in [1.82, 2.24) is 10.5 Å². The number of carboxylic acids is 1. The van der Waals surface area contributed by atoms with Crippen molar-refractivity contribution in [3.63, 3.8) is 0 Å². The number of carbonyl (C=O) groups is 2. The third-order valence-electron chi connectivity index (χ3n) is 2.75. The fourth-order valence-corrected chi connectivity index (χ4v) is 1.82. The summed E-state index contributed by atoms with van der Waals surface area (Å²) in [4.78, 5) is 22.9. The number of nitrogens with one attached hydrogen (secondary N) is 1. The lowest BCUT2D eigenvalue weighted by molar-refractivity contribution is -0.137. The van der Waals surface area contributed by atoms with Gasteiger partial charge in [0, 0.05) is 6.07 Å². The third-order valence-corrected chi connectivity index (χ3v) is 2.75. The Hall–Kier alpha value is -2.63. The van der Waals surface area contributed by atoms with Crippen molar-refractivity contribution in [2.24, 2.45) is 0 Å². The number of carboxylic acid groups (broad SMARTS) is 1. The molecule has 0 spiro atoms. The van der Waals surface area contributed by atoms with E-state index in [1.165, 1.54) is 6.07 Å². The molecule has 1 aromatic heterocycles. The minimum Gasteiger partial charge on any atom is -0.481 e. The predicted molar refractivity (Wildman–Crippen MR) is 70.1 cm³/mol. The first kappa shape index (κ1) is 13.8. The third kappa shape index (κ3) is 3.44. The Bertz CT molecular complexity index is 607. The minimum absolute atomic E-state index is 0.133. The molecule has 1 aromatic carbocycles. The van der Waals surface area contributed by atoms with Crippen molar-refractivity contribution in [3.05, 3.63) is 53.4 Å². The Morgan fingerprint density at radius 1 is 1.35 bits per heavy atom. The van der Waals surface area contributed by atoms with Gasteiger partial charge in [-0.05, 0) is 12.5 Å². The summed E-state index contributed by atoms with van der Waals surface area (Å²) < 4.78 is 4.83. The molecule has 1 heterocycles. The van der Waals surface area contributed by atoms with Crippen molar-refractivity contribution >= 4 is 11.9 Å². The van der Waals surface area contributed by atoms with E-state index in [0.717, 1.165) is 5.56 Å². The van der Waals surface area contributed by atoms with Crippen LogP contribution < -0.4 is 5.32 Å². The van der Waals surface area contributed by atoms with E-state index in [1.807, 2.05) is 6.07 Å². The zero-order chi connectivity index (χ0) is 14.5. The van der Waals surface area contributed by atoms with Crippen molar-refractivity contribution in [1.29, 1.82) is 0 Å². The predicted octanol–water partition coefficient (Wildman–Crippen LogP) is 1.93. The molecule has 2 rings (SSSR count). The number of aliphatic carboxylic acids is 1. The van der Waals surface area contributed by atoms with E-state index < -0.39 is 17.9 Å². The number of amides is 1. The highest BCUT2D eigenvalue weighted by atomic mass is 16.5. The van der Waals surface area contributed by atoms with Gasteiger partial charge in [0.05, 0.1) is 12.5 Å². The average Bonchev–Trinajstić information content (AvgIpc) is 2.85. The van der Waals surface area contributed by atoms with Crippen LogP contribution in [0.15, 0.2) is 40.9 Å². The maximum absolute atomic E-state index is 12.0. The summed E-state index contributed by atoms with van der Waals surface area (Å²) in [6.07, 6.45) is -0.202. The summed E-state index contributed by atoms with van der Waals surface area (Å²) in [5.74, 6) is -0.933. The molecule has 0 radical (unpaired) electrons. The molecule has 6 nitrogen and oxygen atoms in total. The summed E-state index contributed by atoms with van der Waals surface area (Å²) in [5, 5.41) is 15.2. The summed E-state index contributed by atoms with van der Waals surface area (Å²) in [7, 11) is 0. The van der Waals surface area contributed by atoms with Crippen LogP contribution >= 0.6 is 0 Å². The van der Waals surface area contributed by atoms with E-state index in [4.69, 9.17) is 9.63 Å². The lowest BCUT2D eigenvalue weighted by Gasteiger charge is -2.16. The zero-order valence-corrected chi connectivity index (χ0v) is 10.9. The lowest BCUT2D eigenvalue weighted by atomic mass is 10.0. The minimum atomic E-state index is -0.990. The molecular formula is C14H14N2O4. The average molecular weight is 274 g/mol. The molecule has 0 unspecified atom stereocenters. The second kappa shape index (κ2) is 6.01. The fraction of sp³-hybridized carbons (Fsp3) is 0.214.